The molecule has 0 saturated heterocycles. The Hall–Kier alpha value is -2.45. The Balaban J connectivity index is 3.30. The molecular formula is C11H8BrN5O2. The van der Waals surface area contributed by atoms with Crippen molar-refractivity contribution in [2.45, 2.75) is 13.8 Å². The number of anilines is 1. The normalized spacial score (nSPS) is 9.11. The second-order valence-corrected chi connectivity index (χ2v) is 4.41. The molecule has 0 spiro atoms. The van der Waals surface area contributed by atoms with Gasteiger partial charge in [0.1, 0.15) is 12.1 Å². The van der Waals surface area contributed by atoms with E-state index in [9.17, 15) is 10.1 Å². The lowest BCUT2D eigenvalue weighted by molar-refractivity contribution is -0.385. The number of hydrogen-bond acceptors (Lipinski definition) is 6. The molecule has 1 aromatic carbocycles. The van der Waals surface area contributed by atoms with Gasteiger partial charge in [-0.05, 0) is 35.3 Å². The average molecular weight is 322 g/mol. The lowest BCUT2D eigenvalue weighted by Crippen LogP contribution is -2.02. The summed E-state index contributed by atoms with van der Waals surface area (Å²) in [5, 5.41) is 31.6. The van der Waals surface area contributed by atoms with Crippen LogP contribution in [0, 0.1) is 46.6 Å². The van der Waals surface area contributed by atoms with Gasteiger partial charge >= 0.3 is 0 Å². The molecule has 0 saturated carbocycles. The number of hydrazone groups is 1. The zero-order valence-corrected chi connectivity index (χ0v) is 11.6. The quantitative estimate of drug-likeness (QED) is 0.522. The van der Waals surface area contributed by atoms with Crippen molar-refractivity contribution in [2.75, 3.05) is 5.43 Å². The zero-order chi connectivity index (χ0) is 14.6. The fourth-order valence-corrected chi connectivity index (χ4v) is 1.98. The SMILES string of the molecule is Cc1c([N+](=O)[O-])cc(Br)c(NN=C(C#N)C#N)c1C. The minimum absolute atomic E-state index is 0.0142. The summed E-state index contributed by atoms with van der Waals surface area (Å²) < 4.78 is 0.432. The van der Waals surface area contributed by atoms with Crippen molar-refractivity contribution < 1.29 is 4.92 Å². The number of nitriles is 2. The molecule has 0 bridgehead atoms. The van der Waals surface area contributed by atoms with Crippen LogP contribution >= 0.6 is 15.9 Å². The van der Waals surface area contributed by atoms with Gasteiger partial charge in [-0.2, -0.15) is 15.6 Å². The fraction of sp³-hybridized carbons (Fsp3) is 0.182. The zero-order valence-electron chi connectivity index (χ0n) is 10.1. The van der Waals surface area contributed by atoms with Crippen LogP contribution in [0.5, 0.6) is 0 Å². The largest absolute Gasteiger partial charge is 0.275 e. The highest BCUT2D eigenvalue weighted by Gasteiger charge is 2.18. The molecule has 19 heavy (non-hydrogen) atoms. The number of benzene rings is 1. The highest BCUT2D eigenvalue weighted by atomic mass is 79.9. The van der Waals surface area contributed by atoms with Gasteiger partial charge in [0.05, 0.1) is 10.6 Å². The third kappa shape index (κ3) is 3.06. The first-order chi connectivity index (χ1) is 8.92. The molecule has 0 aromatic heterocycles. The van der Waals surface area contributed by atoms with Crippen LogP contribution in [0.4, 0.5) is 11.4 Å². The molecule has 0 amide bonds. The Morgan fingerprint density at radius 3 is 2.47 bits per heavy atom. The van der Waals surface area contributed by atoms with Crippen LogP contribution in [-0.2, 0) is 0 Å². The topological polar surface area (TPSA) is 115 Å². The smallest absolute Gasteiger partial charge is 0.273 e. The average Bonchev–Trinajstić information content (AvgIpc) is 2.37. The van der Waals surface area contributed by atoms with Gasteiger partial charge in [0, 0.05) is 16.1 Å². The number of nitro groups is 1. The predicted molar refractivity (Wildman–Crippen MR) is 72.6 cm³/mol. The van der Waals surface area contributed by atoms with E-state index in [4.69, 9.17) is 10.5 Å². The first-order valence-electron chi connectivity index (χ1n) is 5.00. The van der Waals surface area contributed by atoms with Gasteiger partial charge in [-0.3, -0.25) is 15.5 Å². The van der Waals surface area contributed by atoms with Crippen LogP contribution in [0.25, 0.3) is 0 Å². The third-order valence-electron chi connectivity index (χ3n) is 2.51. The van der Waals surface area contributed by atoms with E-state index in [0.29, 0.717) is 21.3 Å². The Kier molecular flexibility index (Phi) is 4.56. The molecule has 7 nitrogen and oxygen atoms in total. The molecule has 1 rings (SSSR count). The maximum Gasteiger partial charge on any atom is 0.273 e. The van der Waals surface area contributed by atoms with Crippen molar-refractivity contribution in [3.8, 4) is 12.1 Å². The fourth-order valence-electron chi connectivity index (χ4n) is 1.37. The van der Waals surface area contributed by atoms with Crippen molar-refractivity contribution >= 4 is 33.0 Å². The second kappa shape index (κ2) is 5.94. The van der Waals surface area contributed by atoms with Gasteiger partial charge in [-0.1, -0.05) is 0 Å². The highest BCUT2D eigenvalue weighted by molar-refractivity contribution is 9.10. The Morgan fingerprint density at radius 1 is 1.42 bits per heavy atom. The molecule has 0 unspecified atom stereocenters. The van der Waals surface area contributed by atoms with Gasteiger partial charge in [0.25, 0.3) is 5.69 Å². The predicted octanol–water partition coefficient (Wildman–Crippen LogP) is 2.79. The monoisotopic (exact) mass is 321 g/mol. The minimum Gasteiger partial charge on any atom is -0.275 e. The summed E-state index contributed by atoms with van der Waals surface area (Å²) in [5.41, 5.74) is 3.79. The molecule has 0 aliphatic heterocycles. The maximum atomic E-state index is 10.8. The van der Waals surface area contributed by atoms with E-state index in [1.54, 1.807) is 26.0 Å². The molecule has 0 fully saturated rings. The van der Waals surface area contributed by atoms with Crippen molar-refractivity contribution in [3.63, 3.8) is 0 Å². The van der Waals surface area contributed by atoms with E-state index in [1.807, 2.05) is 0 Å². The maximum absolute atomic E-state index is 10.8. The molecule has 1 N–H and O–H groups in total. The van der Waals surface area contributed by atoms with E-state index < -0.39 is 4.92 Å². The Morgan fingerprint density at radius 2 is 2.00 bits per heavy atom. The minimum atomic E-state index is -0.476. The summed E-state index contributed by atoms with van der Waals surface area (Å²) in [5.74, 6) is 0. The molecular weight excluding hydrogens is 314 g/mol. The van der Waals surface area contributed by atoms with Crippen LogP contribution in [0.1, 0.15) is 11.1 Å². The van der Waals surface area contributed by atoms with E-state index in [1.165, 1.54) is 6.07 Å². The first kappa shape index (κ1) is 14.6. The van der Waals surface area contributed by atoms with E-state index in [0.717, 1.165) is 0 Å². The summed E-state index contributed by atoms with van der Waals surface area (Å²) in [6.07, 6.45) is 0. The van der Waals surface area contributed by atoms with Gasteiger partial charge in [-0.15, -0.1) is 0 Å². The Bertz CT molecular complexity index is 639. The van der Waals surface area contributed by atoms with Crippen LogP contribution in [-0.4, -0.2) is 10.6 Å². The second-order valence-electron chi connectivity index (χ2n) is 3.56. The first-order valence-corrected chi connectivity index (χ1v) is 5.79. The van der Waals surface area contributed by atoms with Gasteiger partial charge < -0.3 is 0 Å². The molecule has 8 heteroatoms. The third-order valence-corrected chi connectivity index (χ3v) is 3.14. The summed E-state index contributed by atoms with van der Waals surface area (Å²) in [6, 6.07) is 4.56. The van der Waals surface area contributed by atoms with Crippen molar-refractivity contribution in [1.82, 2.24) is 0 Å². The van der Waals surface area contributed by atoms with Crippen LogP contribution < -0.4 is 5.43 Å². The molecule has 0 aliphatic carbocycles. The number of hydrogen-bond donors (Lipinski definition) is 1. The van der Waals surface area contributed by atoms with E-state index >= 15 is 0 Å². The molecule has 0 radical (unpaired) electrons. The van der Waals surface area contributed by atoms with Crippen molar-refractivity contribution in [2.24, 2.45) is 5.10 Å². The number of nitrogens with one attached hydrogen (secondary N) is 1. The van der Waals surface area contributed by atoms with E-state index in [-0.39, 0.29) is 11.4 Å². The number of nitro benzene ring substituents is 1. The van der Waals surface area contributed by atoms with Gasteiger partial charge in [0.15, 0.2) is 0 Å². The van der Waals surface area contributed by atoms with E-state index in [2.05, 4.69) is 26.5 Å². The molecule has 96 valence electrons. The van der Waals surface area contributed by atoms with Gasteiger partial charge in [0.2, 0.25) is 5.71 Å². The molecule has 1 aromatic rings. The van der Waals surface area contributed by atoms with Crippen LogP contribution in [0.2, 0.25) is 0 Å². The van der Waals surface area contributed by atoms with Crippen molar-refractivity contribution in [1.29, 1.82) is 10.5 Å². The molecule has 0 aliphatic rings. The number of nitrogens with zero attached hydrogens (tertiary/aromatic N) is 4. The summed E-state index contributed by atoms with van der Waals surface area (Å²) in [6.45, 7) is 3.30. The molecule has 0 heterocycles. The summed E-state index contributed by atoms with van der Waals surface area (Å²) >= 11 is 3.19. The number of rotatable bonds is 3. The molecule has 0 atom stereocenters. The van der Waals surface area contributed by atoms with Gasteiger partial charge in [-0.25, -0.2) is 0 Å². The summed E-state index contributed by atoms with van der Waals surface area (Å²) in [4.78, 5) is 10.4. The standard InChI is InChI=1S/C11H8BrN5O2/c1-6-7(2)11(16-15-8(4-13)5-14)9(12)3-10(6)17(18)19/h3,16H,1-2H3. The lowest BCUT2D eigenvalue weighted by Gasteiger charge is -2.10. The van der Waals surface area contributed by atoms with Crippen LogP contribution in [0.3, 0.4) is 0 Å². The number of halogens is 1. The summed E-state index contributed by atoms with van der Waals surface area (Å²) in [7, 11) is 0. The van der Waals surface area contributed by atoms with Crippen LogP contribution in [0.15, 0.2) is 15.6 Å². The highest BCUT2D eigenvalue weighted by Crippen LogP contribution is 2.34. The lowest BCUT2D eigenvalue weighted by atomic mass is 10.1. The van der Waals surface area contributed by atoms with Crippen molar-refractivity contribution in [3.05, 3.63) is 31.8 Å². The Labute approximate surface area is 117 Å².